The summed E-state index contributed by atoms with van der Waals surface area (Å²) in [5.74, 6) is -0.888. The summed E-state index contributed by atoms with van der Waals surface area (Å²) in [4.78, 5) is 31.7. The molecule has 0 atom stereocenters. The summed E-state index contributed by atoms with van der Waals surface area (Å²) in [6.45, 7) is 6.25. The van der Waals surface area contributed by atoms with Crippen LogP contribution in [0.15, 0.2) is 18.3 Å². The van der Waals surface area contributed by atoms with E-state index in [-0.39, 0.29) is 12.0 Å². The number of ether oxygens (including phenoxy) is 3. The summed E-state index contributed by atoms with van der Waals surface area (Å²) in [6, 6.07) is 3.44. The molecule has 5 rings (SSSR count). The predicted molar refractivity (Wildman–Crippen MR) is 134 cm³/mol. The van der Waals surface area contributed by atoms with Crippen molar-refractivity contribution in [3.8, 4) is 5.88 Å². The van der Waals surface area contributed by atoms with Crippen LogP contribution in [-0.2, 0) is 20.7 Å². The zero-order valence-corrected chi connectivity index (χ0v) is 21.8. The highest BCUT2D eigenvalue weighted by molar-refractivity contribution is 5.78. The highest BCUT2D eigenvalue weighted by Gasteiger charge is 2.50. The third kappa shape index (κ3) is 6.85. The Bertz CT molecular complexity index is 1120. The molecule has 2 aromatic rings. The molecule has 0 spiro atoms. The first-order valence-electron chi connectivity index (χ1n) is 12.9. The molecule has 9 nitrogen and oxygen atoms in total. The van der Waals surface area contributed by atoms with Crippen LogP contribution in [0, 0.1) is 5.82 Å². The quantitative estimate of drug-likeness (QED) is 0.425. The van der Waals surface area contributed by atoms with Crippen molar-refractivity contribution in [2.75, 3.05) is 13.2 Å². The number of carbonyl (C=O) groups excluding carboxylic acids is 1. The maximum absolute atomic E-state index is 14.9. The summed E-state index contributed by atoms with van der Waals surface area (Å²) in [7, 11) is 0. The summed E-state index contributed by atoms with van der Waals surface area (Å²) in [5.41, 5.74) is 0.182. The minimum absolute atomic E-state index is 0.0931. The normalized spacial score (nSPS) is 23.1. The number of pyridine rings is 2. The number of nitrogens with zero attached hydrogens (tertiary/aromatic N) is 2. The first kappa shape index (κ1) is 27.0. The average molecular weight is 518 g/mol. The minimum Gasteiger partial charge on any atom is -0.481 e. The Hall–Kier alpha value is -3.01. The van der Waals surface area contributed by atoms with Gasteiger partial charge in [-0.25, -0.2) is 14.2 Å². The summed E-state index contributed by atoms with van der Waals surface area (Å²) in [6.07, 6.45) is 6.16. The van der Waals surface area contributed by atoms with E-state index in [2.05, 4.69) is 15.3 Å². The number of alkyl carbamates (subject to hydrolysis) is 1. The fraction of sp³-hybridized carbons (Fsp3) is 0.630. The van der Waals surface area contributed by atoms with Gasteiger partial charge in [0, 0.05) is 18.1 Å². The number of aryl methyl sites for hydroxylation is 1. The second-order valence-corrected chi connectivity index (χ2v) is 11.2. The van der Waals surface area contributed by atoms with E-state index in [4.69, 9.17) is 19.3 Å². The van der Waals surface area contributed by atoms with E-state index >= 15 is 0 Å². The number of hydrogen-bond acceptors (Lipinski definition) is 7. The van der Waals surface area contributed by atoms with E-state index < -0.39 is 29.0 Å². The minimum atomic E-state index is -0.834. The van der Waals surface area contributed by atoms with Crippen LogP contribution in [0.1, 0.15) is 77.7 Å². The molecule has 2 aromatic heterocycles. The smallest absolute Gasteiger partial charge is 0.408 e. The monoisotopic (exact) mass is 517 g/mol. The van der Waals surface area contributed by atoms with Gasteiger partial charge in [-0.15, -0.1) is 0 Å². The molecule has 0 unspecified atom stereocenters. The average Bonchev–Trinajstić information content (AvgIpc) is 2.83. The van der Waals surface area contributed by atoms with E-state index in [0.29, 0.717) is 61.4 Å². The van der Waals surface area contributed by atoms with E-state index in [1.165, 1.54) is 6.20 Å². The van der Waals surface area contributed by atoms with Crippen molar-refractivity contribution in [1.29, 1.82) is 0 Å². The number of aromatic nitrogens is 2. The van der Waals surface area contributed by atoms with Gasteiger partial charge in [-0.1, -0.05) is 0 Å². The van der Waals surface area contributed by atoms with Gasteiger partial charge in [-0.3, -0.25) is 9.78 Å². The van der Waals surface area contributed by atoms with Crippen molar-refractivity contribution in [3.63, 3.8) is 0 Å². The van der Waals surface area contributed by atoms with Crippen LogP contribution < -0.4 is 10.1 Å². The topological polar surface area (TPSA) is 120 Å². The van der Waals surface area contributed by atoms with E-state index in [9.17, 15) is 14.0 Å². The second-order valence-electron chi connectivity index (χ2n) is 11.2. The van der Waals surface area contributed by atoms with Crippen LogP contribution in [-0.4, -0.2) is 57.1 Å². The lowest BCUT2D eigenvalue weighted by Gasteiger charge is -2.53. The van der Waals surface area contributed by atoms with Crippen LogP contribution >= 0.6 is 0 Å². The summed E-state index contributed by atoms with van der Waals surface area (Å²) in [5, 5.41) is 11.8. The Labute approximate surface area is 216 Å². The maximum atomic E-state index is 14.9. The fourth-order valence-electron chi connectivity index (χ4n) is 5.07. The van der Waals surface area contributed by atoms with Gasteiger partial charge in [0.15, 0.2) is 0 Å². The zero-order chi connectivity index (χ0) is 26.7. The lowest BCUT2D eigenvalue weighted by atomic mass is 9.69. The number of nitrogens with one attached hydrogen (secondary N) is 1. The lowest BCUT2D eigenvalue weighted by molar-refractivity contribution is -0.163. The Morgan fingerprint density at radius 1 is 1.19 bits per heavy atom. The SMILES string of the molecule is CC(C)(C)OC(=O)NC12CCC(CCc3c(F)cnc4ccc(OCCCCC(=O)O)nc34)(CC1)OC2. The summed E-state index contributed by atoms with van der Waals surface area (Å²) < 4.78 is 32.3. The number of carboxylic acids is 1. The largest absolute Gasteiger partial charge is 0.481 e. The molecule has 10 heteroatoms. The van der Waals surface area contributed by atoms with Crippen molar-refractivity contribution in [1.82, 2.24) is 15.3 Å². The van der Waals surface area contributed by atoms with Crippen molar-refractivity contribution >= 4 is 23.1 Å². The number of aliphatic carboxylic acids is 1. The fourth-order valence-corrected chi connectivity index (χ4v) is 5.07. The number of hydrogen-bond donors (Lipinski definition) is 2. The van der Waals surface area contributed by atoms with Gasteiger partial charge in [0.25, 0.3) is 0 Å². The number of fused-ring (bicyclic) bond motifs is 4. The molecular formula is C27H36FN3O6. The molecule has 3 fully saturated rings. The van der Waals surface area contributed by atoms with Crippen molar-refractivity contribution < 1.29 is 33.3 Å². The van der Waals surface area contributed by atoms with Gasteiger partial charge in [-0.05, 0) is 78.2 Å². The molecule has 202 valence electrons. The Balaban J connectivity index is 1.38. The highest BCUT2D eigenvalue weighted by Crippen LogP contribution is 2.46. The Morgan fingerprint density at radius 3 is 2.59 bits per heavy atom. The number of carbonyl (C=O) groups is 2. The number of halogens is 1. The van der Waals surface area contributed by atoms with Gasteiger partial charge in [0.1, 0.15) is 11.4 Å². The first-order chi connectivity index (χ1) is 17.5. The van der Waals surface area contributed by atoms with Crippen molar-refractivity contribution in [2.45, 2.75) is 95.3 Å². The molecule has 2 bridgehead atoms. The zero-order valence-electron chi connectivity index (χ0n) is 21.8. The van der Waals surface area contributed by atoms with E-state index in [1.54, 1.807) is 12.1 Å². The molecule has 1 amide bonds. The summed E-state index contributed by atoms with van der Waals surface area (Å²) >= 11 is 0. The molecule has 1 saturated carbocycles. The Kier molecular flexibility index (Phi) is 7.87. The van der Waals surface area contributed by atoms with Crippen LogP contribution in [0.4, 0.5) is 9.18 Å². The van der Waals surface area contributed by atoms with Gasteiger partial charge in [0.05, 0.1) is 41.6 Å². The van der Waals surface area contributed by atoms with Crippen molar-refractivity contribution in [3.05, 3.63) is 29.7 Å². The van der Waals surface area contributed by atoms with Gasteiger partial charge in [-0.2, -0.15) is 0 Å². The lowest BCUT2D eigenvalue weighted by Crippen LogP contribution is -2.63. The molecule has 4 heterocycles. The molecule has 2 N–H and O–H groups in total. The first-order valence-corrected chi connectivity index (χ1v) is 12.9. The highest BCUT2D eigenvalue weighted by atomic mass is 19.1. The predicted octanol–water partition coefficient (Wildman–Crippen LogP) is 4.94. The third-order valence-electron chi connectivity index (χ3n) is 7.14. The number of amides is 1. The van der Waals surface area contributed by atoms with Crippen LogP contribution in [0.2, 0.25) is 0 Å². The molecule has 37 heavy (non-hydrogen) atoms. The number of carboxylic acid groups (broad SMARTS) is 1. The molecular weight excluding hydrogens is 481 g/mol. The molecule has 3 aliphatic rings. The van der Waals surface area contributed by atoms with Crippen LogP contribution in [0.5, 0.6) is 5.88 Å². The molecule has 0 aromatic carbocycles. The van der Waals surface area contributed by atoms with Crippen LogP contribution in [0.3, 0.4) is 0 Å². The third-order valence-corrected chi connectivity index (χ3v) is 7.14. The van der Waals surface area contributed by atoms with E-state index in [0.717, 1.165) is 25.7 Å². The van der Waals surface area contributed by atoms with Gasteiger partial charge < -0.3 is 24.6 Å². The maximum Gasteiger partial charge on any atom is 0.408 e. The van der Waals surface area contributed by atoms with Crippen molar-refractivity contribution in [2.24, 2.45) is 0 Å². The molecule has 0 radical (unpaired) electrons. The van der Waals surface area contributed by atoms with E-state index in [1.807, 2.05) is 20.8 Å². The Morgan fingerprint density at radius 2 is 1.95 bits per heavy atom. The standard InChI is InChI=1S/C27H36FN3O6/c1-25(2,3)37-24(34)31-26-11-13-27(14-12-26,36-17-26)10-9-18-19(28)16-29-20-7-8-21(30-23(18)20)35-15-5-4-6-22(32)33/h7-8,16H,4-6,9-15,17H2,1-3H3,(H,31,34)(H,32,33). The van der Waals surface area contributed by atoms with Gasteiger partial charge >= 0.3 is 12.1 Å². The van der Waals surface area contributed by atoms with Gasteiger partial charge in [0.2, 0.25) is 5.88 Å². The second kappa shape index (κ2) is 10.8. The van der Waals surface area contributed by atoms with Crippen LogP contribution in [0.25, 0.3) is 11.0 Å². The number of unbranched alkanes of at least 4 members (excludes halogenated alkanes) is 1. The molecule has 1 aliphatic carbocycles. The molecule has 2 saturated heterocycles. The number of rotatable bonds is 10. The molecule has 2 aliphatic heterocycles.